The van der Waals surface area contributed by atoms with E-state index in [2.05, 4.69) is 10.3 Å². The fraction of sp³-hybridized carbons (Fsp3) is 0.750. The van der Waals surface area contributed by atoms with E-state index < -0.39 is 0 Å². The second-order valence-electron chi connectivity index (χ2n) is 4.95. The van der Waals surface area contributed by atoms with Crippen LogP contribution < -0.4 is 15.0 Å². The van der Waals surface area contributed by atoms with Crippen LogP contribution in [-0.2, 0) is 6.54 Å². The molecule has 18 heavy (non-hydrogen) atoms. The van der Waals surface area contributed by atoms with E-state index in [1.807, 2.05) is 19.0 Å². The molecule has 6 heteroatoms. The maximum Gasteiger partial charge on any atom is 0.230 e. The molecule has 0 bridgehead atoms. The number of aliphatic hydroxyl groups excluding tert-OH is 1. The van der Waals surface area contributed by atoms with Crippen LogP contribution in [0.5, 0.6) is 5.88 Å². The van der Waals surface area contributed by atoms with Crippen LogP contribution in [0.2, 0.25) is 0 Å². The van der Waals surface area contributed by atoms with E-state index in [0.717, 1.165) is 35.9 Å². The van der Waals surface area contributed by atoms with Gasteiger partial charge < -0.3 is 20.1 Å². The summed E-state index contributed by atoms with van der Waals surface area (Å²) in [6.07, 6.45) is 1.78. The van der Waals surface area contributed by atoms with Gasteiger partial charge in [0.05, 0.1) is 18.1 Å². The summed E-state index contributed by atoms with van der Waals surface area (Å²) in [4.78, 5) is 7.53. The SMILES string of the molecule is COc1nc(N(C)C)sc1CNCC1CC(O)C1. The number of methoxy groups -OCH3 is 1. The highest BCUT2D eigenvalue weighted by Crippen LogP contribution is 2.31. The van der Waals surface area contributed by atoms with Crippen LogP contribution in [0.25, 0.3) is 0 Å². The first kappa shape index (κ1) is 13.6. The highest BCUT2D eigenvalue weighted by atomic mass is 32.1. The number of hydrogen-bond donors (Lipinski definition) is 2. The lowest BCUT2D eigenvalue weighted by Gasteiger charge is -2.31. The van der Waals surface area contributed by atoms with Crippen molar-refractivity contribution in [3.63, 3.8) is 0 Å². The Balaban J connectivity index is 1.84. The molecule has 1 aliphatic carbocycles. The Morgan fingerprint density at radius 3 is 2.78 bits per heavy atom. The van der Waals surface area contributed by atoms with Gasteiger partial charge in [-0.3, -0.25) is 0 Å². The van der Waals surface area contributed by atoms with Crippen LogP contribution in [-0.4, -0.2) is 43.9 Å². The second-order valence-corrected chi connectivity index (χ2v) is 6.01. The predicted molar refractivity (Wildman–Crippen MR) is 73.4 cm³/mol. The minimum atomic E-state index is -0.0740. The van der Waals surface area contributed by atoms with Gasteiger partial charge in [-0.1, -0.05) is 11.3 Å². The van der Waals surface area contributed by atoms with Crippen molar-refractivity contribution < 1.29 is 9.84 Å². The second kappa shape index (κ2) is 5.86. The Labute approximate surface area is 112 Å². The van der Waals surface area contributed by atoms with E-state index >= 15 is 0 Å². The minimum absolute atomic E-state index is 0.0740. The Morgan fingerprint density at radius 1 is 1.50 bits per heavy atom. The molecule has 1 saturated carbocycles. The predicted octanol–water partition coefficient (Wildman–Crippen LogP) is 1.08. The molecule has 1 heterocycles. The number of nitrogens with zero attached hydrogens (tertiary/aromatic N) is 2. The lowest BCUT2D eigenvalue weighted by Crippen LogP contribution is -2.35. The third-order valence-electron chi connectivity index (χ3n) is 3.16. The lowest BCUT2D eigenvalue weighted by atomic mass is 9.82. The van der Waals surface area contributed by atoms with Gasteiger partial charge in [0, 0.05) is 20.6 Å². The molecule has 0 saturated heterocycles. The molecule has 0 amide bonds. The molecular weight excluding hydrogens is 250 g/mol. The van der Waals surface area contributed by atoms with E-state index in [-0.39, 0.29) is 6.10 Å². The molecule has 1 aromatic heterocycles. The Morgan fingerprint density at radius 2 is 2.22 bits per heavy atom. The highest BCUT2D eigenvalue weighted by molar-refractivity contribution is 7.15. The lowest BCUT2D eigenvalue weighted by molar-refractivity contribution is 0.0430. The summed E-state index contributed by atoms with van der Waals surface area (Å²) in [5, 5.41) is 13.6. The van der Waals surface area contributed by atoms with Crippen molar-refractivity contribution in [2.45, 2.75) is 25.5 Å². The number of hydrogen-bond acceptors (Lipinski definition) is 6. The average Bonchev–Trinajstić information content (AvgIpc) is 2.70. The van der Waals surface area contributed by atoms with Crippen LogP contribution in [0.4, 0.5) is 5.13 Å². The van der Waals surface area contributed by atoms with E-state index in [4.69, 9.17) is 4.74 Å². The number of ether oxygens (including phenoxy) is 1. The Kier molecular flexibility index (Phi) is 4.42. The van der Waals surface area contributed by atoms with Crippen LogP contribution in [0.15, 0.2) is 0 Å². The summed E-state index contributed by atoms with van der Waals surface area (Å²) in [6, 6.07) is 0. The maximum absolute atomic E-state index is 9.22. The summed E-state index contributed by atoms with van der Waals surface area (Å²) in [7, 11) is 5.61. The van der Waals surface area contributed by atoms with Gasteiger partial charge >= 0.3 is 0 Å². The van der Waals surface area contributed by atoms with E-state index in [1.54, 1.807) is 18.4 Å². The van der Waals surface area contributed by atoms with Crippen molar-refractivity contribution in [2.75, 3.05) is 32.6 Å². The van der Waals surface area contributed by atoms with Gasteiger partial charge in [0.1, 0.15) is 0 Å². The highest BCUT2D eigenvalue weighted by Gasteiger charge is 2.26. The number of thiazole rings is 1. The zero-order valence-corrected chi connectivity index (χ0v) is 12.0. The third-order valence-corrected chi connectivity index (χ3v) is 4.36. The van der Waals surface area contributed by atoms with Gasteiger partial charge in [0.15, 0.2) is 5.13 Å². The van der Waals surface area contributed by atoms with Gasteiger partial charge in [-0.15, -0.1) is 0 Å². The van der Waals surface area contributed by atoms with Crippen LogP contribution in [0.1, 0.15) is 17.7 Å². The maximum atomic E-state index is 9.22. The third kappa shape index (κ3) is 3.13. The van der Waals surface area contributed by atoms with Gasteiger partial charge in [-0.25, -0.2) is 0 Å². The fourth-order valence-corrected chi connectivity index (χ4v) is 2.97. The minimum Gasteiger partial charge on any atom is -0.480 e. The summed E-state index contributed by atoms with van der Waals surface area (Å²) < 4.78 is 5.28. The molecule has 1 aromatic rings. The first-order valence-corrected chi connectivity index (χ1v) is 7.01. The van der Waals surface area contributed by atoms with Crippen molar-refractivity contribution in [1.29, 1.82) is 0 Å². The molecule has 0 unspecified atom stereocenters. The summed E-state index contributed by atoms with van der Waals surface area (Å²) in [5.41, 5.74) is 0. The van der Waals surface area contributed by atoms with Gasteiger partial charge in [0.2, 0.25) is 5.88 Å². The van der Waals surface area contributed by atoms with Crippen LogP contribution in [0.3, 0.4) is 0 Å². The average molecular weight is 271 g/mol. The molecule has 2 N–H and O–H groups in total. The fourth-order valence-electron chi connectivity index (χ4n) is 2.05. The molecule has 0 aromatic carbocycles. The van der Waals surface area contributed by atoms with Gasteiger partial charge in [-0.05, 0) is 25.3 Å². The van der Waals surface area contributed by atoms with Crippen molar-refractivity contribution in [3.05, 3.63) is 4.88 Å². The number of anilines is 1. The molecule has 0 radical (unpaired) electrons. The molecule has 1 fully saturated rings. The van der Waals surface area contributed by atoms with Crippen molar-refractivity contribution in [2.24, 2.45) is 5.92 Å². The number of rotatable bonds is 6. The van der Waals surface area contributed by atoms with Crippen LogP contribution >= 0.6 is 11.3 Å². The summed E-state index contributed by atoms with van der Waals surface area (Å²) in [5.74, 6) is 1.33. The molecule has 2 rings (SSSR count). The molecule has 1 aliphatic rings. The zero-order chi connectivity index (χ0) is 13.1. The van der Waals surface area contributed by atoms with Gasteiger partial charge in [0.25, 0.3) is 0 Å². The largest absolute Gasteiger partial charge is 0.480 e. The van der Waals surface area contributed by atoms with E-state index in [1.165, 1.54) is 0 Å². The quantitative estimate of drug-likeness (QED) is 0.811. The molecule has 5 nitrogen and oxygen atoms in total. The number of nitrogens with one attached hydrogen (secondary N) is 1. The standard InChI is InChI=1S/C12H21N3O2S/c1-15(2)12-14-11(17-3)10(18-12)7-13-6-8-4-9(16)5-8/h8-9,13,16H,4-7H2,1-3H3. The van der Waals surface area contributed by atoms with E-state index in [9.17, 15) is 5.11 Å². The summed E-state index contributed by atoms with van der Waals surface area (Å²) in [6.45, 7) is 1.73. The summed E-state index contributed by atoms with van der Waals surface area (Å²) >= 11 is 1.65. The zero-order valence-electron chi connectivity index (χ0n) is 11.1. The van der Waals surface area contributed by atoms with Crippen LogP contribution in [0, 0.1) is 5.92 Å². The topological polar surface area (TPSA) is 57.6 Å². The van der Waals surface area contributed by atoms with Crippen molar-refractivity contribution in [1.82, 2.24) is 10.3 Å². The Bertz CT molecular complexity index is 389. The normalized spacial score (nSPS) is 22.7. The molecule has 102 valence electrons. The van der Waals surface area contributed by atoms with Gasteiger partial charge in [-0.2, -0.15) is 4.98 Å². The first-order valence-electron chi connectivity index (χ1n) is 6.20. The molecule has 0 aliphatic heterocycles. The first-order chi connectivity index (χ1) is 8.60. The monoisotopic (exact) mass is 271 g/mol. The molecule has 0 spiro atoms. The van der Waals surface area contributed by atoms with E-state index in [0.29, 0.717) is 11.8 Å². The van der Waals surface area contributed by atoms with Crippen molar-refractivity contribution >= 4 is 16.5 Å². The number of aliphatic hydroxyl groups is 1. The Hall–Kier alpha value is -0.850. The number of aromatic nitrogens is 1. The molecular formula is C12H21N3O2S. The van der Waals surface area contributed by atoms with Crippen molar-refractivity contribution in [3.8, 4) is 5.88 Å². The smallest absolute Gasteiger partial charge is 0.230 e. The molecule has 0 atom stereocenters.